The van der Waals surface area contributed by atoms with Gasteiger partial charge in [-0.2, -0.15) is 0 Å². The maximum Gasteiger partial charge on any atom is 0.0996 e. The first kappa shape index (κ1) is 9.30. The van der Waals surface area contributed by atoms with Gasteiger partial charge in [-0.1, -0.05) is 12.1 Å². The van der Waals surface area contributed by atoms with Gasteiger partial charge in [-0.25, -0.2) is 0 Å². The van der Waals surface area contributed by atoms with Gasteiger partial charge in [0.1, 0.15) is 0 Å². The number of ether oxygens (including phenoxy) is 1. The molecule has 4 nitrogen and oxygen atoms in total. The van der Waals surface area contributed by atoms with E-state index in [0.29, 0.717) is 18.9 Å². The number of nitrogens with one attached hydrogen (secondary N) is 1. The van der Waals surface area contributed by atoms with Crippen LogP contribution in [0.25, 0.3) is 0 Å². The molecule has 76 valence electrons. The van der Waals surface area contributed by atoms with Crippen molar-refractivity contribution >= 4 is 11.4 Å². The molecule has 0 radical (unpaired) electrons. The van der Waals surface area contributed by atoms with Gasteiger partial charge in [0.15, 0.2) is 0 Å². The lowest BCUT2D eigenvalue weighted by Crippen LogP contribution is -2.32. The van der Waals surface area contributed by atoms with Crippen LogP contribution in [0.15, 0.2) is 24.3 Å². The first-order chi connectivity index (χ1) is 6.77. The van der Waals surface area contributed by atoms with E-state index in [-0.39, 0.29) is 6.04 Å². The van der Waals surface area contributed by atoms with Crippen LogP contribution in [-0.4, -0.2) is 30.5 Å². The van der Waals surface area contributed by atoms with Gasteiger partial charge in [-0.05, 0) is 12.1 Å². The Morgan fingerprint density at radius 2 is 2.14 bits per heavy atom. The predicted molar refractivity (Wildman–Crippen MR) is 55.1 cm³/mol. The van der Waals surface area contributed by atoms with Gasteiger partial charge in [-0.15, -0.1) is 0 Å². The molecule has 0 aliphatic carbocycles. The number of nitrogens with two attached hydrogens (primary N) is 1. The smallest absolute Gasteiger partial charge is 0.0996 e. The van der Waals surface area contributed by atoms with Crippen molar-refractivity contribution in [3.05, 3.63) is 24.3 Å². The highest BCUT2D eigenvalue weighted by atomic mass is 16.5. The maximum atomic E-state index is 9.51. The van der Waals surface area contributed by atoms with E-state index < -0.39 is 6.10 Å². The van der Waals surface area contributed by atoms with E-state index >= 15 is 0 Å². The summed E-state index contributed by atoms with van der Waals surface area (Å²) < 4.78 is 5.13. The van der Waals surface area contributed by atoms with Crippen LogP contribution in [0.2, 0.25) is 0 Å². The SMILES string of the molecule is Nc1ccccc1N[C@@H]1COC[C@H]1O. The Morgan fingerprint density at radius 3 is 2.79 bits per heavy atom. The zero-order valence-corrected chi connectivity index (χ0v) is 7.81. The van der Waals surface area contributed by atoms with Crippen molar-refractivity contribution in [2.24, 2.45) is 0 Å². The average Bonchev–Trinajstić information content (AvgIpc) is 2.56. The molecule has 4 heteroatoms. The molecule has 2 atom stereocenters. The molecule has 1 aromatic carbocycles. The van der Waals surface area contributed by atoms with Crippen molar-refractivity contribution in [2.45, 2.75) is 12.1 Å². The highest BCUT2D eigenvalue weighted by molar-refractivity contribution is 5.66. The fourth-order valence-electron chi connectivity index (χ4n) is 1.51. The Morgan fingerprint density at radius 1 is 1.36 bits per heavy atom. The molecule has 0 saturated carbocycles. The molecular weight excluding hydrogens is 180 g/mol. The third kappa shape index (κ3) is 1.81. The van der Waals surface area contributed by atoms with Crippen LogP contribution in [0.4, 0.5) is 11.4 Å². The van der Waals surface area contributed by atoms with Gasteiger partial charge in [0.2, 0.25) is 0 Å². The van der Waals surface area contributed by atoms with Crippen molar-refractivity contribution in [3.8, 4) is 0 Å². The summed E-state index contributed by atoms with van der Waals surface area (Å²) in [6.45, 7) is 0.917. The van der Waals surface area contributed by atoms with Gasteiger partial charge >= 0.3 is 0 Å². The number of hydrogen-bond acceptors (Lipinski definition) is 4. The number of aliphatic hydroxyl groups excluding tert-OH is 1. The van der Waals surface area contributed by atoms with Crippen LogP contribution < -0.4 is 11.1 Å². The molecule has 0 unspecified atom stereocenters. The lowest BCUT2D eigenvalue weighted by molar-refractivity contribution is 0.125. The van der Waals surface area contributed by atoms with Crippen LogP contribution in [0, 0.1) is 0 Å². The standard InChI is InChI=1S/C10H14N2O2/c11-7-3-1-2-4-8(7)12-9-5-14-6-10(9)13/h1-4,9-10,12-13H,5-6,11H2/t9-,10-/m1/s1. The minimum Gasteiger partial charge on any atom is -0.397 e. The molecule has 0 bridgehead atoms. The molecule has 1 fully saturated rings. The van der Waals surface area contributed by atoms with Gasteiger partial charge in [0, 0.05) is 0 Å². The average molecular weight is 194 g/mol. The fraction of sp³-hybridized carbons (Fsp3) is 0.400. The van der Waals surface area contributed by atoms with Crippen LogP contribution in [0.1, 0.15) is 0 Å². The molecule has 2 rings (SSSR count). The van der Waals surface area contributed by atoms with E-state index in [4.69, 9.17) is 10.5 Å². The Labute approximate surface area is 82.7 Å². The summed E-state index contributed by atoms with van der Waals surface area (Å²) in [4.78, 5) is 0. The van der Waals surface area contributed by atoms with Crippen LogP contribution in [0.5, 0.6) is 0 Å². The molecule has 0 amide bonds. The third-order valence-corrected chi connectivity index (χ3v) is 2.35. The normalized spacial score (nSPS) is 26.4. The summed E-state index contributed by atoms with van der Waals surface area (Å²) >= 11 is 0. The summed E-state index contributed by atoms with van der Waals surface area (Å²) in [5.41, 5.74) is 7.29. The molecule has 1 aliphatic heterocycles. The topological polar surface area (TPSA) is 67.5 Å². The molecule has 1 aliphatic rings. The summed E-state index contributed by atoms with van der Waals surface area (Å²) in [6, 6.07) is 7.44. The fourth-order valence-corrected chi connectivity index (χ4v) is 1.51. The van der Waals surface area contributed by atoms with Gasteiger partial charge < -0.3 is 20.9 Å². The highest BCUT2D eigenvalue weighted by Crippen LogP contribution is 2.20. The van der Waals surface area contributed by atoms with E-state index in [9.17, 15) is 5.11 Å². The van der Waals surface area contributed by atoms with Crippen molar-refractivity contribution in [1.29, 1.82) is 0 Å². The minimum absolute atomic E-state index is 0.0558. The predicted octanol–water partition coefficient (Wildman–Crippen LogP) is 0.440. The largest absolute Gasteiger partial charge is 0.397 e. The Balaban J connectivity index is 2.07. The number of nitrogen functional groups attached to an aromatic ring is 1. The van der Waals surface area contributed by atoms with Gasteiger partial charge in [0.25, 0.3) is 0 Å². The van der Waals surface area contributed by atoms with Crippen LogP contribution >= 0.6 is 0 Å². The maximum absolute atomic E-state index is 9.51. The van der Waals surface area contributed by atoms with Crippen LogP contribution in [0.3, 0.4) is 0 Å². The highest BCUT2D eigenvalue weighted by Gasteiger charge is 2.26. The van der Waals surface area contributed by atoms with E-state index in [1.165, 1.54) is 0 Å². The first-order valence-electron chi connectivity index (χ1n) is 4.64. The Bertz CT molecular complexity index is 317. The summed E-state index contributed by atoms with van der Waals surface area (Å²) in [7, 11) is 0. The number of anilines is 2. The Kier molecular flexibility index (Phi) is 2.56. The lowest BCUT2D eigenvalue weighted by atomic mass is 10.2. The molecule has 1 saturated heterocycles. The number of aliphatic hydroxyl groups is 1. The minimum atomic E-state index is -0.449. The van der Waals surface area contributed by atoms with Crippen LogP contribution in [-0.2, 0) is 4.74 Å². The van der Waals surface area contributed by atoms with Gasteiger partial charge in [0.05, 0.1) is 36.7 Å². The molecule has 0 spiro atoms. The first-order valence-corrected chi connectivity index (χ1v) is 4.64. The zero-order chi connectivity index (χ0) is 9.97. The van der Waals surface area contributed by atoms with E-state index in [1.54, 1.807) is 0 Å². The quantitative estimate of drug-likeness (QED) is 0.598. The van der Waals surface area contributed by atoms with Gasteiger partial charge in [-0.3, -0.25) is 0 Å². The molecule has 4 N–H and O–H groups in total. The molecule has 1 aromatic rings. The molecule has 1 heterocycles. The van der Waals surface area contributed by atoms with E-state index in [1.807, 2.05) is 24.3 Å². The monoisotopic (exact) mass is 194 g/mol. The van der Waals surface area contributed by atoms with Crippen molar-refractivity contribution in [3.63, 3.8) is 0 Å². The molecule has 0 aromatic heterocycles. The second-order valence-electron chi connectivity index (χ2n) is 3.44. The number of hydrogen-bond donors (Lipinski definition) is 3. The molecular formula is C10H14N2O2. The second kappa shape index (κ2) is 3.86. The number of benzene rings is 1. The molecule has 14 heavy (non-hydrogen) atoms. The third-order valence-electron chi connectivity index (χ3n) is 2.35. The Hall–Kier alpha value is -1.26. The van der Waals surface area contributed by atoms with E-state index in [2.05, 4.69) is 5.32 Å². The zero-order valence-electron chi connectivity index (χ0n) is 7.81. The summed E-state index contributed by atoms with van der Waals surface area (Å²) in [5.74, 6) is 0. The summed E-state index contributed by atoms with van der Waals surface area (Å²) in [5, 5.41) is 12.7. The number of rotatable bonds is 2. The second-order valence-corrected chi connectivity index (χ2v) is 3.44. The van der Waals surface area contributed by atoms with Crippen molar-refractivity contribution < 1.29 is 9.84 Å². The summed E-state index contributed by atoms with van der Waals surface area (Å²) in [6.07, 6.45) is -0.449. The lowest BCUT2D eigenvalue weighted by Gasteiger charge is -2.17. The number of para-hydroxylation sites is 2. The van der Waals surface area contributed by atoms with E-state index in [0.717, 1.165) is 5.69 Å². The van der Waals surface area contributed by atoms with Crippen molar-refractivity contribution in [2.75, 3.05) is 24.3 Å². The van der Waals surface area contributed by atoms with Crippen molar-refractivity contribution in [1.82, 2.24) is 0 Å².